The lowest BCUT2D eigenvalue weighted by Gasteiger charge is -2.07. The van der Waals surface area contributed by atoms with Gasteiger partial charge in [-0.2, -0.15) is 0 Å². The monoisotopic (exact) mass is 178 g/mol. The Balaban J connectivity index is 2.64. The van der Waals surface area contributed by atoms with Gasteiger partial charge in [-0.25, -0.2) is 4.39 Å². The number of aliphatic hydroxyl groups is 1. The first-order chi connectivity index (χ1) is 6.24. The predicted octanol–water partition coefficient (Wildman–Crippen LogP) is 1.75. The average molecular weight is 178 g/mol. The second kappa shape index (κ2) is 4.64. The number of halogens is 1. The molecule has 1 unspecified atom stereocenters. The molecule has 0 aromatic heterocycles. The fraction of sp³-hybridized carbons (Fsp3) is 0.273. The highest BCUT2D eigenvalue weighted by Crippen LogP contribution is 2.10. The van der Waals surface area contributed by atoms with Crippen LogP contribution in [0, 0.1) is 18.2 Å². The van der Waals surface area contributed by atoms with E-state index in [0.717, 1.165) is 0 Å². The van der Waals surface area contributed by atoms with Gasteiger partial charge < -0.3 is 5.11 Å². The third-order valence-electron chi connectivity index (χ3n) is 1.77. The second-order valence-electron chi connectivity index (χ2n) is 2.86. The van der Waals surface area contributed by atoms with Gasteiger partial charge in [0.15, 0.2) is 0 Å². The van der Waals surface area contributed by atoms with E-state index >= 15 is 0 Å². The van der Waals surface area contributed by atoms with E-state index in [-0.39, 0.29) is 18.7 Å². The van der Waals surface area contributed by atoms with E-state index in [4.69, 9.17) is 6.42 Å². The third kappa shape index (κ3) is 2.89. The van der Waals surface area contributed by atoms with Gasteiger partial charge >= 0.3 is 0 Å². The number of rotatable bonds is 3. The summed E-state index contributed by atoms with van der Waals surface area (Å²) in [5.41, 5.74) is 0.505. The smallest absolute Gasteiger partial charge is 0.126 e. The standard InChI is InChI=1S/C11H11FO/c1-2-5-10(13)8-9-6-3-4-7-11(9)12/h1,3-4,6-7,10,13H,5,8H2. The van der Waals surface area contributed by atoms with Crippen LogP contribution in [-0.2, 0) is 6.42 Å². The van der Waals surface area contributed by atoms with Crippen LogP contribution in [0.3, 0.4) is 0 Å². The normalized spacial score (nSPS) is 12.1. The largest absolute Gasteiger partial charge is 0.392 e. The number of terminal acetylenes is 1. The van der Waals surface area contributed by atoms with E-state index in [1.165, 1.54) is 6.07 Å². The Morgan fingerprint density at radius 2 is 2.15 bits per heavy atom. The van der Waals surface area contributed by atoms with Gasteiger partial charge in [-0.3, -0.25) is 0 Å². The second-order valence-corrected chi connectivity index (χ2v) is 2.86. The summed E-state index contributed by atoms with van der Waals surface area (Å²) in [4.78, 5) is 0. The molecule has 68 valence electrons. The van der Waals surface area contributed by atoms with Crippen LogP contribution in [0.4, 0.5) is 4.39 Å². The fourth-order valence-electron chi connectivity index (χ4n) is 1.13. The van der Waals surface area contributed by atoms with Crippen molar-refractivity contribution in [3.63, 3.8) is 0 Å². The van der Waals surface area contributed by atoms with Crippen LogP contribution in [0.15, 0.2) is 24.3 Å². The molecule has 0 aliphatic carbocycles. The van der Waals surface area contributed by atoms with Gasteiger partial charge in [0.25, 0.3) is 0 Å². The van der Waals surface area contributed by atoms with Crippen molar-refractivity contribution in [2.45, 2.75) is 18.9 Å². The summed E-state index contributed by atoms with van der Waals surface area (Å²) in [6, 6.07) is 6.38. The zero-order valence-corrected chi connectivity index (χ0v) is 7.20. The van der Waals surface area contributed by atoms with Gasteiger partial charge in [0, 0.05) is 12.8 Å². The first-order valence-electron chi connectivity index (χ1n) is 4.09. The van der Waals surface area contributed by atoms with Crippen molar-refractivity contribution in [2.24, 2.45) is 0 Å². The van der Waals surface area contributed by atoms with Crippen LogP contribution in [0.5, 0.6) is 0 Å². The SMILES string of the molecule is C#CCC(O)Cc1ccccc1F. The van der Waals surface area contributed by atoms with Gasteiger partial charge in [0.05, 0.1) is 6.10 Å². The molecule has 13 heavy (non-hydrogen) atoms. The molecular weight excluding hydrogens is 167 g/mol. The minimum absolute atomic E-state index is 0.258. The van der Waals surface area contributed by atoms with Crippen molar-refractivity contribution >= 4 is 0 Å². The summed E-state index contributed by atoms with van der Waals surface area (Å²) in [6.07, 6.45) is 4.90. The van der Waals surface area contributed by atoms with Crippen LogP contribution in [0.1, 0.15) is 12.0 Å². The molecule has 1 rings (SSSR count). The highest BCUT2D eigenvalue weighted by atomic mass is 19.1. The van der Waals surface area contributed by atoms with E-state index in [9.17, 15) is 9.50 Å². The Morgan fingerprint density at radius 1 is 1.46 bits per heavy atom. The average Bonchev–Trinajstić information content (AvgIpc) is 2.09. The summed E-state index contributed by atoms with van der Waals surface area (Å²) in [5, 5.41) is 9.32. The highest BCUT2D eigenvalue weighted by Gasteiger charge is 2.06. The fourth-order valence-corrected chi connectivity index (χ4v) is 1.13. The lowest BCUT2D eigenvalue weighted by Crippen LogP contribution is -2.10. The van der Waals surface area contributed by atoms with Crippen molar-refractivity contribution in [1.82, 2.24) is 0 Å². The van der Waals surface area contributed by atoms with Crippen molar-refractivity contribution in [3.8, 4) is 12.3 Å². The molecule has 2 heteroatoms. The Hall–Kier alpha value is -1.33. The van der Waals surface area contributed by atoms with Gasteiger partial charge in [-0.15, -0.1) is 12.3 Å². The third-order valence-corrected chi connectivity index (χ3v) is 1.77. The minimum atomic E-state index is -0.651. The molecule has 1 N–H and O–H groups in total. The molecule has 0 saturated carbocycles. The Morgan fingerprint density at radius 3 is 2.77 bits per heavy atom. The molecule has 1 aromatic carbocycles. The quantitative estimate of drug-likeness (QED) is 0.699. The molecule has 1 atom stereocenters. The molecule has 0 aliphatic heterocycles. The van der Waals surface area contributed by atoms with E-state index < -0.39 is 6.10 Å². The van der Waals surface area contributed by atoms with Crippen LogP contribution in [0.2, 0.25) is 0 Å². The molecule has 1 nitrogen and oxygen atoms in total. The summed E-state index contributed by atoms with van der Waals surface area (Å²) in [6.45, 7) is 0. The summed E-state index contributed by atoms with van der Waals surface area (Å²) >= 11 is 0. The Kier molecular flexibility index (Phi) is 3.48. The van der Waals surface area contributed by atoms with Gasteiger partial charge in [-0.1, -0.05) is 18.2 Å². The van der Waals surface area contributed by atoms with Gasteiger partial charge in [0.1, 0.15) is 5.82 Å². The summed E-state index contributed by atoms with van der Waals surface area (Å²) in [7, 11) is 0. The van der Waals surface area contributed by atoms with E-state index in [2.05, 4.69) is 5.92 Å². The number of benzene rings is 1. The van der Waals surface area contributed by atoms with Crippen molar-refractivity contribution in [3.05, 3.63) is 35.6 Å². The van der Waals surface area contributed by atoms with Crippen LogP contribution < -0.4 is 0 Å². The number of hydrogen-bond acceptors (Lipinski definition) is 1. The van der Waals surface area contributed by atoms with Crippen LogP contribution >= 0.6 is 0 Å². The van der Waals surface area contributed by atoms with Crippen molar-refractivity contribution in [1.29, 1.82) is 0 Å². The minimum Gasteiger partial charge on any atom is -0.392 e. The first kappa shape index (κ1) is 9.76. The van der Waals surface area contributed by atoms with E-state index in [1.54, 1.807) is 18.2 Å². The number of aliphatic hydroxyl groups excluding tert-OH is 1. The van der Waals surface area contributed by atoms with E-state index in [0.29, 0.717) is 5.56 Å². The molecule has 0 heterocycles. The molecule has 0 aliphatic rings. The molecule has 0 bridgehead atoms. The van der Waals surface area contributed by atoms with Crippen molar-refractivity contribution in [2.75, 3.05) is 0 Å². The Labute approximate surface area is 77.2 Å². The van der Waals surface area contributed by atoms with Gasteiger partial charge in [-0.05, 0) is 11.6 Å². The number of hydrogen-bond donors (Lipinski definition) is 1. The van der Waals surface area contributed by atoms with Crippen molar-refractivity contribution < 1.29 is 9.50 Å². The molecule has 0 amide bonds. The zero-order valence-electron chi connectivity index (χ0n) is 7.20. The maximum atomic E-state index is 13.0. The maximum Gasteiger partial charge on any atom is 0.126 e. The van der Waals surface area contributed by atoms with Crippen LogP contribution in [-0.4, -0.2) is 11.2 Å². The topological polar surface area (TPSA) is 20.2 Å². The zero-order chi connectivity index (χ0) is 9.68. The van der Waals surface area contributed by atoms with Crippen LogP contribution in [0.25, 0.3) is 0 Å². The lowest BCUT2D eigenvalue weighted by atomic mass is 10.1. The lowest BCUT2D eigenvalue weighted by molar-refractivity contribution is 0.179. The van der Waals surface area contributed by atoms with Gasteiger partial charge in [0.2, 0.25) is 0 Å². The maximum absolute atomic E-state index is 13.0. The predicted molar refractivity (Wildman–Crippen MR) is 49.6 cm³/mol. The first-order valence-corrected chi connectivity index (χ1v) is 4.09. The Bertz CT molecular complexity index is 314. The highest BCUT2D eigenvalue weighted by molar-refractivity contribution is 5.18. The molecule has 0 radical (unpaired) electrons. The molecule has 0 fully saturated rings. The van der Waals surface area contributed by atoms with E-state index in [1.807, 2.05) is 0 Å². The summed E-state index contributed by atoms with van der Waals surface area (Å²) < 4.78 is 13.0. The molecule has 0 spiro atoms. The molecular formula is C11H11FO. The summed E-state index contributed by atoms with van der Waals surface area (Å²) in [5.74, 6) is 2.04. The molecule has 1 aromatic rings. The molecule has 0 saturated heterocycles.